The average Bonchev–Trinajstić information content (AvgIpc) is 2.38. The number of benzene rings is 2. The molecule has 0 radical (unpaired) electrons. The van der Waals surface area contributed by atoms with Gasteiger partial charge < -0.3 is 10.5 Å². The summed E-state index contributed by atoms with van der Waals surface area (Å²) in [4.78, 5) is 11.1. The number of hydrogen-bond donors (Lipinski definition) is 1. The van der Waals surface area contributed by atoms with Gasteiger partial charge in [0.1, 0.15) is 12.4 Å². The molecular weight excluding hydrogens is 374 g/mol. The molecule has 0 aliphatic carbocycles. The van der Waals surface area contributed by atoms with E-state index in [1.54, 1.807) is 18.2 Å². The van der Waals surface area contributed by atoms with Gasteiger partial charge in [-0.05, 0) is 51.8 Å². The normalized spacial score (nSPS) is 10.2. The van der Waals surface area contributed by atoms with Gasteiger partial charge in [0.15, 0.2) is 0 Å². The van der Waals surface area contributed by atoms with Crippen molar-refractivity contribution in [3.63, 3.8) is 0 Å². The van der Waals surface area contributed by atoms with Crippen LogP contribution in [0.5, 0.6) is 5.75 Å². The molecule has 0 saturated heterocycles. The topological polar surface area (TPSA) is 52.3 Å². The minimum absolute atomic E-state index is 0.376. The van der Waals surface area contributed by atoms with Gasteiger partial charge in [0.05, 0.1) is 4.47 Å². The highest BCUT2D eigenvalue weighted by atomic mass is 79.9. The zero-order chi connectivity index (χ0) is 13.8. The van der Waals surface area contributed by atoms with Gasteiger partial charge in [0, 0.05) is 10.0 Å². The maximum atomic E-state index is 11.1. The van der Waals surface area contributed by atoms with Crippen molar-refractivity contribution in [2.24, 2.45) is 5.73 Å². The highest BCUT2D eigenvalue weighted by molar-refractivity contribution is 9.11. The van der Waals surface area contributed by atoms with Crippen molar-refractivity contribution >= 4 is 37.8 Å². The van der Waals surface area contributed by atoms with Crippen LogP contribution in [-0.4, -0.2) is 5.91 Å². The molecule has 5 heteroatoms. The van der Waals surface area contributed by atoms with E-state index in [9.17, 15) is 4.79 Å². The third-order valence-corrected chi connectivity index (χ3v) is 3.61. The summed E-state index contributed by atoms with van der Waals surface area (Å²) in [5.41, 5.74) is 6.62. The molecule has 3 nitrogen and oxygen atoms in total. The molecule has 0 aromatic heterocycles. The molecule has 0 saturated carbocycles. The van der Waals surface area contributed by atoms with Crippen LogP contribution in [0.3, 0.4) is 0 Å². The molecular formula is C14H11Br2NO2. The van der Waals surface area contributed by atoms with Gasteiger partial charge in [-0.2, -0.15) is 0 Å². The fraction of sp³-hybridized carbons (Fsp3) is 0.0714. The Morgan fingerprint density at radius 2 is 1.95 bits per heavy atom. The van der Waals surface area contributed by atoms with Gasteiger partial charge >= 0.3 is 0 Å². The lowest BCUT2D eigenvalue weighted by Crippen LogP contribution is -2.11. The van der Waals surface area contributed by atoms with Crippen molar-refractivity contribution in [3.8, 4) is 5.75 Å². The Kier molecular flexibility index (Phi) is 4.61. The second kappa shape index (κ2) is 6.21. The lowest BCUT2D eigenvalue weighted by Gasteiger charge is -2.09. The maximum Gasteiger partial charge on any atom is 0.248 e. The Labute approximate surface area is 128 Å². The van der Waals surface area contributed by atoms with Crippen LogP contribution in [0.25, 0.3) is 0 Å². The SMILES string of the molecule is NC(=O)c1cccc(COc2ccc(Br)cc2Br)c1. The zero-order valence-electron chi connectivity index (χ0n) is 9.90. The van der Waals surface area contributed by atoms with Crippen LogP contribution in [0.4, 0.5) is 0 Å². The van der Waals surface area contributed by atoms with Crippen LogP contribution in [0.15, 0.2) is 51.4 Å². The summed E-state index contributed by atoms with van der Waals surface area (Å²) in [6, 6.07) is 12.8. The van der Waals surface area contributed by atoms with Crippen molar-refractivity contribution < 1.29 is 9.53 Å². The lowest BCUT2D eigenvalue weighted by atomic mass is 10.1. The summed E-state index contributed by atoms with van der Waals surface area (Å²) >= 11 is 6.81. The first-order valence-electron chi connectivity index (χ1n) is 5.53. The number of hydrogen-bond acceptors (Lipinski definition) is 2. The summed E-state index contributed by atoms with van der Waals surface area (Å²) in [5, 5.41) is 0. The van der Waals surface area contributed by atoms with Gasteiger partial charge in [0.2, 0.25) is 5.91 Å². The van der Waals surface area contributed by atoms with Crippen LogP contribution in [0, 0.1) is 0 Å². The molecule has 2 aromatic rings. The van der Waals surface area contributed by atoms with Crippen molar-refractivity contribution in [1.82, 2.24) is 0 Å². The second-order valence-electron chi connectivity index (χ2n) is 3.93. The zero-order valence-corrected chi connectivity index (χ0v) is 13.1. The first-order valence-corrected chi connectivity index (χ1v) is 7.11. The molecule has 2 N–H and O–H groups in total. The molecule has 2 rings (SSSR count). The van der Waals surface area contributed by atoms with Gasteiger partial charge in [-0.3, -0.25) is 4.79 Å². The standard InChI is InChI=1S/C14H11Br2NO2/c15-11-4-5-13(12(16)7-11)19-8-9-2-1-3-10(6-9)14(17)18/h1-7H,8H2,(H2,17,18). The highest BCUT2D eigenvalue weighted by Gasteiger charge is 2.04. The quantitative estimate of drug-likeness (QED) is 0.869. The molecule has 0 bridgehead atoms. The number of amides is 1. The van der Waals surface area contributed by atoms with Gasteiger partial charge in [0.25, 0.3) is 0 Å². The second-order valence-corrected chi connectivity index (χ2v) is 5.70. The van der Waals surface area contributed by atoms with Crippen LogP contribution < -0.4 is 10.5 Å². The number of nitrogens with two attached hydrogens (primary N) is 1. The minimum Gasteiger partial charge on any atom is -0.488 e. The largest absolute Gasteiger partial charge is 0.488 e. The molecule has 2 aromatic carbocycles. The Morgan fingerprint density at radius 3 is 2.63 bits per heavy atom. The van der Waals surface area contributed by atoms with E-state index in [0.717, 1.165) is 20.3 Å². The van der Waals surface area contributed by atoms with E-state index in [4.69, 9.17) is 10.5 Å². The fourth-order valence-electron chi connectivity index (χ4n) is 1.57. The van der Waals surface area contributed by atoms with Gasteiger partial charge in [-0.25, -0.2) is 0 Å². The molecule has 0 atom stereocenters. The van der Waals surface area contributed by atoms with Crippen molar-refractivity contribution in [2.45, 2.75) is 6.61 Å². The summed E-state index contributed by atoms with van der Waals surface area (Å²) < 4.78 is 7.54. The van der Waals surface area contributed by atoms with E-state index in [0.29, 0.717) is 12.2 Å². The third kappa shape index (κ3) is 3.81. The van der Waals surface area contributed by atoms with E-state index in [1.807, 2.05) is 24.3 Å². The van der Waals surface area contributed by atoms with E-state index in [-0.39, 0.29) is 0 Å². The number of ether oxygens (including phenoxy) is 1. The summed E-state index contributed by atoms with van der Waals surface area (Å²) in [5.74, 6) is 0.305. The van der Waals surface area contributed by atoms with E-state index in [1.165, 1.54) is 0 Å². The number of primary amides is 1. The van der Waals surface area contributed by atoms with Crippen LogP contribution >= 0.6 is 31.9 Å². The fourth-order valence-corrected chi connectivity index (χ4v) is 2.73. The van der Waals surface area contributed by atoms with Crippen molar-refractivity contribution in [1.29, 1.82) is 0 Å². The van der Waals surface area contributed by atoms with Gasteiger partial charge in [-0.15, -0.1) is 0 Å². The Balaban J connectivity index is 2.10. The maximum absolute atomic E-state index is 11.1. The Morgan fingerprint density at radius 1 is 1.16 bits per heavy atom. The number of carbonyl (C=O) groups is 1. The smallest absolute Gasteiger partial charge is 0.248 e. The molecule has 0 aliphatic rings. The van der Waals surface area contributed by atoms with E-state index >= 15 is 0 Å². The molecule has 0 aliphatic heterocycles. The first-order chi connectivity index (χ1) is 9.06. The average molecular weight is 385 g/mol. The van der Waals surface area contributed by atoms with E-state index in [2.05, 4.69) is 31.9 Å². The summed E-state index contributed by atoms with van der Waals surface area (Å²) in [7, 11) is 0. The van der Waals surface area contributed by atoms with Gasteiger partial charge in [-0.1, -0.05) is 28.1 Å². The van der Waals surface area contributed by atoms with E-state index < -0.39 is 5.91 Å². The number of rotatable bonds is 4. The molecule has 0 heterocycles. The summed E-state index contributed by atoms with van der Waals surface area (Å²) in [6.07, 6.45) is 0. The number of carbonyl (C=O) groups excluding carboxylic acids is 1. The molecule has 19 heavy (non-hydrogen) atoms. The molecule has 0 fully saturated rings. The van der Waals surface area contributed by atoms with Crippen LogP contribution in [0.2, 0.25) is 0 Å². The first kappa shape index (κ1) is 14.1. The number of halogens is 2. The Hall–Kier alpha value is -1.33. The predicted molar refractivity (Wildman–Crippen MR) is 81.1 cm³/mol. The molecule has 1 amide bonds. The minimum atomic E-state index is -0.438. The Bertz CT molecular complexity index is 614. The molecule has 98 valence electrons. The monoisotopic (exact) mass is 383 g/mol. The van der Waals surface area contributed by atoms with Crippen molar-refractivity contribution in [3.05, 3.63) is 62.5 Å². The summed E-state index contributed by atoms with van der Waals surface area (Å²) in [6.45, 7) is 0.376. The lowest BCUT2D eigenvalue weighted by molar-refractivity contribution is 0.1000. The third-order valence-electron chi connectivity index (χ3n) is 2.50. The van der Waals surface area contributed by atoms with Crippen molar-refractivity contribution in [2.75, 3.05) is 0 Å². The highest BCUT2D eigenvalue weighted by Crippen LogP contribution is 2.28. The van der Waals surface area contributed by atoms with Crippen LogP contribution in [-0.2, 0) is 6.61 Å². The molecule has 0 spiro atoms. The predicted octanol–water partition coefficient (Wildman–Crippen LogP) is 3.89. The van der Waals surface area contributed by atoms with Crippen LogP contribution in [0.1, 0.15) is 15.9 Å². The molecule has 0 unspecified atom stereocenters.